The van der Waals surface area contributed by atoms with E-state index in [-0.39, 0.29) is 12.5 Å². The molecule has 2 unspecified atom stereocenters. The van der Waals surface area contributed by atoms with Gasteiger partial charge in [-0.1, -0.05) is 13.0 Å². The second-order valence-electron chi connectivity index (χ2n) is 5.66. The van der Waals surface area contributed by atoms with Crippen LogP contribution in [0.5, 0.6) is 5.75 Å². The molecular formula is C15H20N2O2. The molecule has 0 saturated heterocycles. The number of ether oxygens (including phenoxy) is 1. The van der Waals surface area contributed by atoms with Crippen LogP contribution in [-0.4, -0.2) is 18.6 Å². The number of hydrogen-bond acceptors (Lipinski definition) is 3. The molecule has 1 heterocycles. The summed E-state index contributed by atoms with van der Waals surface area (Å²) >= 11 is 0. The Morgan fingerprint density at radius 3 is 3.11 bits per heavy atom. The van der Waals surface area contributed by atoms with Crippen molar-refractivity contribution in [1.82, 2.24) is 5.32 Å². The van der Waals surface area contributed by atoms with Gasteiger partial charge in [-0.15, -0.1) is 0 Å². The average Bonchev–Trinajstić information content (AvgIpc) is 2.81. The lowest BCUT2D eigenvalue weighted by molar-refractivity contribution is -0.118. The molecule has 1 aliphatic carbocycles. The highest BCUT2D eigenvalue weighted by atomic mass is 16.5. The lowest BCUT2D eigenvalue weighted by Crippen LogP contribution is -2.27. The Kier molecular flexibility index (Phi) is 3.42. The molecular weight excluding hydrogens is 240 g/mol. The number of fused-ring (bicyclic) bond motifs is 1. The summed E-state index contributed by atoms with van der Waals surface area (Å²) in [5, 5.41) is 6.44. The van der Waals surface area contributed by atoms with Gasteiger partial charge in [0.1, 0.15) is 5.75 Å². The zero-order chi connectivity index (χ0) is 13.2. The molecule has 1 amide bonds. The van der Waals surface area contributed by atoms with E-state index in [2.05, 4.69) is 23.6 Å². The summed E-state index contributed by atoms with van der Waals surface area (Å²) in [5.41, 5.74) is 1.97. The summed E-state index contributed by atoms with van der Waals surface area (Å²) in [6, 6.07) is 6.62. The molecule has 0 radical (unpaired) electrons. The minimum absolute atomic E-state index is 0.0813. The van der Waals surface area contributed by atoms with E-state index in [9.17, 15) is 4.79 Å². The van der Waals surface area contributed by atoms with Gasteiger partial charge < -0.3 is 15.4 Å². The first-order chi connectivity index (χ1) is 9.20. The first kappa shape index (κ1) is 12.5. The van der Waals surface area contributed by atoms with Gasteiger partial charge in [0.05, 0.1) is 5.69 Å². The highest BCUT2D eigenvalue weighted by Crippen LogP contribution is 2.29. The third kappa shape index (κ3) is 2.89. The number of carbonyl (C=O) groups is 1. The zero-order valence-electron chi connectivity index (χ0n) is 11.2. The number of rotatable bonds is 3. The second kappa shape index (κ2) is 5.21. The van der Waals surface area contributed by atoms with E-state index in [1.807, 2.05) is 12.1 Å². The largest absolute Gasteiger partial charge is 0.482 e. The van der Waals surface area contributed by atoms with Crippen molar-refractivity contribution in [2.45, 2.75) is 38.8 Å². The minimum Gasteiger partial charge on any atom is -0.482 e. The summed E-state index contributed by atoms with van der Waals surface area (Å²) in [6.07, 6.45) is 3.86. The molecule has 1 aromatic carbocycles. The highest BCUT2D eigenvalue weighted by Gasteiger charge is 2.21. The van der Waals surface area contributed by atoms with Gasteiger partial charge in [0.2, 0.25) is 0 Å². The molecule has 0 aromatic heterocycles. The molecule has 3 rings (SSSR count). The Hall–Kier alpha value is -1.55. The van der Waals surface area contributed by atoms with E-state index in [1.54, 1.807) is 0 Å². The molecule has 1 aromatic rings. The third-order valence-corrected chi connectivity index (χ3v) is 3.97. The molecule has 4 nitrogen and oxygen atoms in total. The molecule has 0 spiro atoms. The highest BCUT2D eigenvalue weighted by molar-refractivity contribution is 5.95. The van der Waals surface area contributed by atoms with Crippen LogP contribution in [0.15, 0.2) is 18.2 Å². The summed E-state index contributed by atoms with van der Waals surface area (Å²) < 4.78 is 5.35. The zero-order valence-corrected chi connectivity index (χ0v) is 11.2. The van der Waals surface area contributed by atoms with Crippen LogP contribution >= 0.6 is 0 Å². The van der Waals surface area contributed by atoms with Crippen LogP contribution < -0.4 is 15.4 Å². The van der Waals surface area contributed by atoms with E-state index in [0.717, 1.165) is 23.9 Å². The number of anilines is 1. The number of hydrogen-bond donors (Lipinski definition) is 2. The lowest BCUT2D eigenvalue weighted by Gasteiger charge is -2.19. The Morgan fingerprint density at radius 2 is 2.32 bits per heavy atom. The first-order valence-corrected chi connectivity index (χ1v) is 6.99. The van der Waals surface area contributed by atoms with Crippen molar-refractivity contribution in [3.05, 3.63) is 23.8 Å². The first-order valence-electron chi connectivity index (χ1n) is 6.99. The predicted octanol–water partition coefficient (Wildman–Crippen LogP) is 2.30. The Morgan fingerprint density at radius 1 is 1.42 bits per heavy atom. The van der Waals surface area contributed by atoms with Gasteiger partial charge in [-0.25, -0.2) is 0 Å². The minimum atomic E-state index is -0.0813. The van der Waals surface area contributed by atoms with Crippen LogP contribution in [0.1, 0.15) is 31.7 Å². The maximum Gasteiger partial charge on any atom is 0.262 e. The quantitative estimate of drug-likeness (QED) is 0.876. The summed E-state index contributed by atoms with van der Waals surface area (Å²) in [5.74, 6) is 1.52. The van der Waals surface area contributed by atoms with E-state index in [1.165, 1.54) is 24.8 Å². The summed E-state index contributed by atoms with van der Waals surface area (Å²) in [7, 11) is 0. The van der Waals surface area contributed by atoms with E-state index in [0.29, 0.717) is 6.04 Å². The molecule has 4 heteroatoms. The SMILES string of the molecule is CC1CCC(NCc2ccc3c(c2)NC(=O)CO3)C1. The number of carbonyl (C=O) groups excluding carboxylic acids is 1. The summed E-state index contributed by atoms with van der Waals surface area (Å²) in [4.78, 5) is 11.3. The van der Waals surface area contributed by atoms with Crippen LogP contribution in [0.25, 0.3) is 0 Å². The molecule has 1 saturated carbocycles. The molecule has 2 N–H and O–H groups in total. The fourth-order valence-electron chi connectivity index (χ4n) is 2.89. The van der Waals surface area contributed by atoms with E-state index in [4.69, 9.17) is 4.74 Å². The van der Waals surface area contributed by atoms with Crippen molar-refractivity contribution >= 4 is 11.6 Å². The summed E-state index contributed by atoms with van der Waals surface area (Å²) in [6.45, 7) is 3.28. The average molecular weight is 260 g/mol. The molecule has 1 fully saturated rings. The van der Waals surface area contributed by atoms with Gasteiger partial charge in [0.25, 0.3) is 5.91 Å². The lowest BCUT2D eigenvalue weighted by atomic mass is 10.1. The number of benzene rings is 1. The fourth-order valence-corrected chi connectivity index (χ4v) is 2.89. The molecule has 2 aliphatic rings. The topological polar surface area (TPSA) is 50.4 Å². The Labute approximate surface area is 113 Å². The van der Waals surface area contributed by atoms with Crippen molar-refractivity contribution in [2.24, 2.45) is 5.92 Å². The maximum absolute atomic E-state index is 11.3. The standard InChI is InChI=1S/C15H20N2O2/c1-10-2-4-12(6-10)16-8-11-3-5-14-13(7-11)17-15(18)9-19-14/h3,5,7,10,12,16H,2,4,6,8-9H2,1H3,(H,17,18). The Balaban J connectivity index is 1.62. The normalized spacial score (nSPS) is 25.6. The van der Waals surface area contributed by atoms with Gasteiger partial charge in [0.15, 0.2) is 6.61 Å². The van der Waals surface area contributed by atoms with Crippen molar-refractivity contribution in [3.8, 4) is 5.75 Å². The fraction of sp³-hybridized carbons (Fsp3) is 0.533. The molecule has 2 atom stereocenters. The van der Waals surface area contributed by atoms with Crippen LogP contribution in [0.3, 0.4) is 0 Å². The third-order valence-electron chi connectivity index (χ3n) is 3.97. The van der Waals surface area contributed by atoms with Crippen molar-refractivity contribution in [3.63, 3.8) is 0 Å². The van der Waals surface area contributed by atoms with Gasteiger partial charge >= 0.3 is 0 Å². The number of amides is 1. The molecule has 0 bridgehead atoms. The van der Waals surface area contributed by atoms with Gasteiger partial charge in [-0.2, -0.15) is 0 Å². The second-order valence-corrected chi connectivity index (χ2v) is 5.66. The molecule has 1 aliphatic heterocycles. The van der Waals surface area contributed by atoms with Gasteiger partial charge in [-0.05, 0) is 42.9 Å². The predicted molar refractivity (Wildman–Crippen MR) is 74.2 cm³/mol. The van der Waals surface area contributed by atoms with Crippen molar-refractivity contribution in [2.75, 3.05) is 11.9 Å². The van der Waals surface area contributed by atoms with Crippen molar-refractivity contribution < 1.29 is 9.53 Å². The Bertz CT molecular complexity index is 487. The van der Waals surface area contributed by atoms with Crippen molar-refractivity contribution in [1.29, 1.82) is 0 Å². The van der Waals surface area contributed by atoms with E-state index >= 15 is 0 Å². The van der Waals surface area contributed by atoms with E-state index < -0.39 is 0 Å². The van der Waals surface area contributed by atoms with Crippen LogP contribution in [0.4, 0.5) is 5.69 Å². The number of nitrogens with one attached hydrogen (secondary N) is 2. The van der Waals surface area contributed by atoms with Crippen LogP contribution in [0.2, 0.25) is 0 Å². The smallest absolute Gasteiger partial charge is 0.262 e. The molecule has 102 valence electrons. The maximum atomic E-state index is 11.3. The van der Waals surface area contributed by atoms with Crippen LogP contribution in [0, 0.1) is 5.92 Å². The van der Waals surface area contributed by atoms with Crippen LogP contribution in [-0.2, 0) is 11.3 Å². The van der Waals surface area contributed by atoms with Gasteiger partial charge in [0, 0.05) is 12.6 Å². The molecule has 19 heavy (non-hydrogen) atoms. The van der Waals surface area contributed by atoms with Gasteiger partial charge in [-0.3, -0.25) is 4.79 Å². The monoisotopic (exact) mass is 260 g/mol.